The van der Waals surface area contributed by atoms with Crippen molar-refractivity contribution in [2.24, 2.45) is 0 Å². The Labute approximate surface area is 133 Å². The maximum Gasteiger partial charge on any atom is 0.435 e. The minimum atomic E-state index is -4.75. The lowest BCUT2D eigenvalue weighted by Gasteiger charge is -2.26. The third-order valence-electron chi connectivity index (χ3n) is 3.36. The number of rotatable bonds is 3. The smallest absolute Gasteiger partial charge is 0.435 e. The summed E-state index contributed by atoms with van der Waals surface area (Å²) in [4.78, 5) is 15.9. The number of hydrogen-bond acceptors (Lipinski definition) is 5. The van der Waals surface area contributed by atoms with Gasteiger partial charge in [0.25, 0.3) is 0 Å². The third-order valence-corrected chi connectivity index (χ3v) is 3.55. The number of alkyl halides is 3. The summed E-state index contributed by atoms with van der Waals surface area (Å²) >= 11 is 5.86. The third kappa shape index (κ3) is 2.74. The van der Waals surface area contributed by atoms with Crippen molar-refractivity contribution in [3.63, 3.8) is 0 Å². The molecule has 1 saturated heterocycles. The van der Waals surface area contributed by atoms with Crippen LogP contribution in [0, 0.1) is 0 Å². The molecule has 0 N–H and O–H groups in total. The van der Waals surface area contributed by atoms with Crippen LogP contribution in [0.25, 0.3) is 11.0 Å². The summed E-state index contributed by atoms with van der Waals surface area (Å²) in [7, 11) is 0. The van der Waals surface area contributed by atoms with Crippen LogP contribution < -0.4 is 0 Å². The van der Waals surface area contributed by atoms with Crippen molar-refractivity contribution in [1.82, 2.24) is 14.8 Å². The van der Waals surface area contributed by atoms with Crippen molar-refractivity contribution < 1.29 is 27.4 Å². The van der Waals surface area contributed by atoms with Crippen molar-refractivity contribution in [2.45, 2.75) is 19.1 Å². The highest BCUT2D eigenvalue weighted by molar-refractivity contribution is 6.30. The zero-order chi connectivity index (χ0) is 16.8. The summed E-state index contributed by atoms with van der Waals surface area (Å²) in [5.74, 6) is -0.906. The molecule has 1 aliphatic heterocycles. The second-order valence-electron chi connectivity index (χ2n) is 4.89. The second-order valence-corrected chi connectivity index (χ2v) is 5.28. The molecule has 0 saturated carbocycles. The molecule has 6 nitrogen and oxygen atoms in total. The number of carbonyl (C=O) groups is 1. The number of pyridine rings is 1. The molecule has 3 heterocycles. The topological polar surface area (TPSA) is 66.2 Å². The number of nitrogens with zero attached hydrogens (tertiary/aromatic N) is 3. The second kappa shape index (κ2) is 5.64. The molecule has 0 spiro atoms. The van der Waals surface area contributed by atoms with Gasteiger partial charge in [-0.25, -0.2) is 14.5 Å². The summed E-state index contributed by atoms with van der Waals surface area (Å²) in [6, 6.07) is 0.676. The van der Waals surface area contributed by atoms with Crippen LogP contribution in [-0.4, -0.2) is 40.6 Å². The van der Waals surface area contributed by atoms with E-state index in [0.29, 0.717) is 0 Å². The van der Waals surface area contributed by atoms with Crippen LogP contribution in [-0.2, 0) is 15.7 Å². The van der Waals surface area contributed by atoms with Crippen LogP contribution >= 0.6 is 11.6 Å². The average Bonchev–Trinajstić information content (AvgIpc) is 2.75. The van der Waals surface area contributed by atoms with Gasteiger partial charge < -0.3 is 9.47 Å². The summed E-state index contributed by atoms with van der Waals surface area (Å²) in [5, 5.41) is 3.08. The molecule has 0 atom stereocenters. The maximum absolute atomic E-state index is 13.3. The Morgan fingerprint density at radius 3 is 2.74 bits per heavy atom. The van der Waals surface area contributed by atoms with Gasteiger partial charge in [-0.05, 0) is 13.0 Å². The van der Waals surface area contributed by atoms with Crippen molar-refractivity contribution in [2.75, 3.05) is 19.8 Å². The minimum absolute atomic E-state index is 0.0201. The molecule has 3 rings (SSSR count). The molecule has 1 aliphatic rings. The van der Waals surface area contributed by atoms with Crippen LogP contribution in [0.3, 0.4) is 0 Å². The summed E-state index contributed by atoms with van der Waals surface area (Å²) in [5.41, 5.74) is -1.60. The van der Waals surface area contributed by atoms with Crippen LogP contribution in [0.1, 0.15) is 29.0 Å². The van der Waals surface area contributed by atoms with Crippen molar-refractivity contribution in [3.8, 4) is 0 Å². The molecule has 10 heteroatoms. The van der Waals surface area contributed by atoms with E-state index in [1.165, 1.54) is 0 Å². The summed E-state index contributed by atoms with van der Waals surface area (Å²) in [6.07, 6.45) is -4.75. The highest BCUT2D eigenvalue weighted by Gasteiger charge is 2.41. The highest BCUT2D eigenvalue weighted by atomic mass is 35.5. The molecule has 23 heavy (non-hydrogen) atoms. The molecule has 0 radical (unpaired) electrons. The van der Waals surface area contributed by atoms with Gasteiger partial charge in [-0.1, -0.05) is 11.6 Å². The first-order valence-electron chi connectivity index (χ1n) is 6.73. The molecule has 2 aromatic heterocycles. The number of esters is 1. The molecule has 2 aromatic rings. The minimum Gasteiger partial charge on any atom is -0.462 e. The molecule has 0 aliphatic carbocycles. The van der Waals surface area contributed by atoms with Crippen LogP contribution in [0.2, 0.25) is 5.15 Å². The molecular formula is C13H11ClF3N3O3. The Morgan fingerprint density at radius 1 is 1.52 bits per heavy atom. The summed E-state index contributed by atoms with van der Waals surface area (Å²) in [6.45, 7) is 2.01. The van der Waals surface area contributed by atoms with E-state index in [1.807, 2.05) is 0 Å². The highest BCUT2D eigenvalue weighted by Crippen LogP contribution is 2.38. The number of fused-ring (bicyclic) bond motifs is 1. The molecule has 0 bridgehead atoms. The Kier molecular flexibility index (Phi) is 3.93. The number of carbonyl (C=O) groups excluding carboxylic acids is 1. The van der Waals surface area contributed by atoms with Gasteiger partial charge in [0.15, 0.2) is 11.3 Å². The van der Waals surface area contributed by atoms with E-state index in [4.69, 9.17) is 21.1 Å². The van der Waals surface area contributed by atoms with Gasteiger partial charge >= 0.3 is 12.1 Å². The van der Waals surface area contributed by atoms with Gasteiger partial charge in [0.2, 0.25) is 0 Å². The van der Waals surface area contributed by atoms with E-state index in [1.54, 1.807) is 6.92 Å². The Morgan fingerprint density at radius 2 is 2.22 bits per heavy atom. The van der Waals surface area contributed by atoms with Gasteiger partial charge in [0, 0.05) is 0 Å². The number of hydrogen-bond donors (Lipinski definition) is 0. The fourth-order valence-electron chi connectivity index (χ4n) is 2.29. The van der Waals surface area contributed by atoms with Crippen LogP contribution in [0.5, 0.6) is 0 Å². The Bertz CT molecular complexity index is 771. The van der Waals surface area contributed by atoms with E-state index in [-0.39, 0.29) is 42.2 Å². The Balaban J connectivity index is 2.30. The maximum atomic E-state index is 13.3. The van der Waals surface area contributed by atoms with E-state index in [2.05, 4.69) is 10.1 Å². The molecule has 1 fully saturated rings. The molecular weight excluding hydrogens is 339 g/mol. The molecule has 124 valence electrons. The first-order valence-corrected chi connectivity index (χ1v) is 7.11. The van der Waals surface area contributed by atoms with Crippen LogP contribution in [0.4, 0.5) is 13.2 Å². The number of aromatic nitrogens is 3. The monoisotopic (exact) mass is 349 g/mol. The quantitative estimate of drug-likeness (QED) is 0.629. The fourth-order valence-corrected chi connectivity index (χ4v) is 2.48. The van der Waals surface area contributed by atoms with Gasteiger partial charge in [0.05, 0.1) is 30.8 Å². The largest absolute Gasteiger partial charge is 0.462 e. The van der Waals surface area contributed by atoms with Gasteiger partial charge in [-0.15, -0.1) is 0 Å². The van der Waals surface area contributed by atoms with Crippen molar-refractivity contribution >= 4 is 28.6 Å². The van der Waals surface area contributed by atoms with Crippen molar-refractivity contribution in [3.05, 3.63) is 22.5 Å². The predicted octanol–water partition coefficient (Wildman–Crippen LogP) is 2.85. The SMILES string of the molecule is CCOC(=O)c1cc(Cl)nc2c1c(C(F)(F)F)nn2C1COC1. The standard InChI is InChI=1S/C13H11ClF3N3O3/c1-2-23-12(21)7-3-8(14)18-11-9(7)10(13(15,16)17)19-20(11)6-4-22-5-6/h3,6H,2,4-5H2,1H3. The summed E-state index contributed by atoms with van der Waals surface area (Å²) < 4.78 is 50.9. The van der Waals surface area contributed by atoms with Gasteiger partial charge in [0.1, 0.15) is 11.2 Å². The fraction of sp³-hybridized carbons (Fsp3) is 0.462. The van der Waals surface area contributed by atoms with E-state index < -0.39 is 23.2 Å². The normalized spacial score (nSPS) is 15.7. The number of halogens is 4. The Hall–Kier alpha value is -1.87. The lowest BCUT2D eigenvalue weighted by Crippen LogP contribution is -2.31. The van der Waals surface area contributed by atoms with Gasteiger partial charge in [-0.2, -0.15) is 18.3 Å². The molecule has 0 aromatic carbocycles. The van der Waals surface area contributed by atoms with Crippen molar-refractivity contribution in [1.29, 1.82) is 0 Å². The van der Waals surface area contributed by atoms with E-state index in [0.717, 1.165) is 10.7 Å². The molecule has 0 unspecified atom stereocenters. The first-order chi connectivity index (χ1) is 10.8. The first kappa shape index (κ1) is 16.0. The lowest BCUT2D eigenvalue weighted by molar-refractivity contribution is -0.140. The van der Waals surface area contributed by atoms with E-state index >= 15 is 0 Å². The average molecular weight is 350 g/mol. The zero-order valence-corrected chi connectivity index (χ0v) is 12.6. The van der Waals surface area contributed by atoms with E-state index in [9.17, 15) is 18.0 Å². The van der Waals surface area contributed by atoms with Crippen LogP contribution in [0.15, 0.2) is 6.07 Å². The number of ether oxygens (including phenoxy) is 2. The lowest BCUT2D eigenvalue weighted by atomic mass is 10.1. The zero-order valence-electron chi connectivity index (χ0n) is 11.9. The predicted molar refractivity (Wildman–Crippen MR) is 73.4 cm³/mol. The molecule has 0 amide bonds. The van der Waals surface area contributed by atoms with Gasteiger partial charge in [-0.3, -0.25) is 0 Å².